The van der Waals surface area contributed by atoms with Crippen LogP contribution >= 0.6 is 0 Å². The summed E-state index contributed by atoms with van der Waals surface area (Å²) in [6, 6.07) is 20.0. The van der Waals surface area contributed by atoms with E-state index in [1.54, 1.807) is 60.7 Å². The zero-order valence-electron chi connectivity index (χ0n) is 15.9. The van der Waals surface area contributed by atoms with Crippen LogP contribution in [-0.2, 0) is 17.9 Å². The lowest BCUT2D eigenvalue weighted by atomic mass is 10.2. The number of hydrogen-bond acceptors (Lipinski definition) is 4. The van der Waals surface area contributed by atoms with Crippen LogP contribution in [0.5, 0.6) is 5.75 Å². The second-order valence-corrected chi connectivity index (χ2v) is 6.69. The molecule has 0 aliphatic heterocycles. The number of para-hydroxylation sites is 1. The average Bonchev–Trinajstić information content (AvgIpc) is 2.76. The minimum absolute atomic E-state index is 0.155. The first-order valence-electron chi connectivity index (χ1n) is 9.30. The van der Waals surface area contributed by atoms with E-state index in [4.69, 9.17) is 4.74 Å². The summed E-state index contributed by atoms with van der Waals surface area (Å²) in [6.07, 6.45) is 1.37. The van der Waals surface area contributed by atoms with Crippen molar-refractivity contribution >= 4 is 22.5 Å². The van der Waals surface area contributed by atoms with Crippen molar-refractivity contribution in [3.8, 4) is 5.75 Å². The molecule has 4 rings (SSSR count). The van der Waals surface area contributed by atoms with Gasteiger partial charge in [-0.05, 0) is 42.0 Å². The summed E-state index contributed by atoms with van der Waals surface area (Å²) < 4.78 is 19.9. The Morgan fingerprint density at radius 3 is 2.67 bits per heavy atom. The third-order valence-electron chi connectivity index (χ3n) is 4.48. The van der Waals surface area contributed by atoms with Crippen LogP contribution in [0.2, 0.25) is 0 Å². The van der Waals surface area contributed by atoms with Crippen LogP contribution in [0.25, 0.3) is 10.9 Å². The quantitative estimate of drug-likeness (QED) is 0.532. The Kier molecular flexibility index (Phi) is 5.52. The van der Waals surface area contributed by atoms with Crippen molar-refractivity contribution in [1.29, 1.82) is 0 Å². The zero-order chi connectivity index (χ0) is 20.9. The molecule has 0 aliphatic carbocycles. The van der Waals surface area contributed by atoms with Gasteiger partial charge in [0.2, 0.25) is 5.91 Å². The van der Waals surface area contributed by atoms with Gasteiger partial charge in [-0.3, -0.25) is 14.2 Å². The van der Waals surface area contributed by atoms with Crippen molar-refractivity contribution < 1.29 is 13.9 Å². The summed E-state index contributed by atoms with van der Waals surface area (Å²) in [5, 5.41) is 3.22. The number of nitrogens with one attached hydrogen (secondary N) is 1. The van der Waals surface area contributed by atoms with E-state index in [-0.39, 0.29) is 30.4 Å². The van der Waals surface area contributed by atoms with E-state index in [9.17, 15) is 14.0 Å². The summed E-state index contributed by atoms with van der Waals surface area (Å²) in [6.45, 7) is 0.118. The predicted octanol–water partition coefficient (Wildman–Crippen LogP) is 3.75. The highest BCUT2D eigenvalue weighted by atomic mass is 19.1. The topological polar surface area (TPSA) is 73.2 Å². The molecular weight excluding hydrogens is 385 g/mol. The number of hydrogen-bond donors (Lipinski definition) is 1. The van der Waals surface area contributed by atoms with Crippen molar-refractivity contribution in [2.24, 2.45) is 0 Å². The number of halogens is 1. The van der Waals surface area contributed by atoms with Crippen LogP contribution in [0.15, 0.2) is 83.9 Å². The monoisotopic (exact) mass is 403 g/mol. The fourth-order valence-corrected chi connectivity index (χ4v) is 2.98. The minimum Gasteiger partial charge on any atom is -0.489 e. The molecule has 0 atom stereocenters. The normalized spacial score (nSPS) is 10.7. The lowest BCUT2D eigenvalue weighted by molar-refractivity contribution is -0.116. The number of carbonyl (C=O) groups is 1. The molecule has 0 saturated carbocycles. The average molecular weight is 403 g/mol. The largest absolute Gasteiger partial charge is 0.489 e. The van der Waals surface area contributed by atoms with Gasteiger partial charge in [0.05, 0.1) is 17.2 Å². The summed E-state index contributed by atoms with van der Waals surface area (Å²) in [7, 11) is 0. The number of anilines is 1. The molecule has 0 radical (unpaired) electrons. The van der Waals surface area contributed by atoms with E-state index in [2.05, 4.69) is 10.3 Å². The lowest BCUT2D eigenvalue weighted by Gasteiger charge is -2.10. The van der Waals surface area contributed by atoms with Gasteiger partial charge in [0, 0.05) is 11.8 Å². The molecule has 30 heavy (non-hydrogen) atoms. The maximum Gasteiger partial charge on any atom is 0.261 e. The van der Waals surface area contributed by atoms with Crippen LogP contribution in [-0.4, -0.2) is 15.5 Å². The molecule has 0 fully saturated rings. The summed E-state index contributed by atoms with van der Waals surface area (Å²) in [5.41, 5.74) is 1.68. The third kappa shape index (κ3) is 4.52. The Balaban J connectivity index is 1.41. The number of aromatic nitrogens is 2. The molecule has 6 nitrogen and oxygen atoms in total. The summed E-state index contributed by atoms with van der Waals surface area (Å²) >= 11 is 0. The van der Waals surface area contributed by atoms with Gasteiger partial charge in [-0.2, -0.15) is 0 Å². The maximum absolute atomic E-state index is 13.0. The first-order valence-corrected chi connectivity index (χ1v) is 9.30. The van der Waals surface area contributed by atoms with Gasteiger partial charge in [0.25, 0.3) is 5.56 Å². The fraction of sp³-hybridized carbons (Fsp3) is 0.0870. The number of nitrogens with zero attached hydrogens (tertiary/aromatic N) is 2. The molecule has 150 valence electrons. The van der Waals surface area contributed by atoms with E-state index in [1.807, 2.05) is 0 Å². The molecule has 0 unspecified atom stereocenters. The zero-order valence-corrected chi connectivity index (χ0v) is 15.9. The number of amides is 1. The Labute approximate surface area is 171 Å². The number of benzene rings is 3. The van der Waals surface area contributed by atoms with Gasteiger partial charge in [0.1, 0.15) is 24.7 Å². The molecule has 3 aromatic carbocycles. The Morgan fingerprint density at radius 1 is 1.03 bits per heavy atom. The van der Waals surface area contributed by atoms with E-state index in [1.165, 1.54) is 23.0 Å². The first kappa shape index (κ1) is 19.3. The van der Waals surface area contributed by atoms with Crippen molar-refractivity contribution in [2.75, 3.05) is 5.32 Å². The standard InChI is InChI=1S/C23H18FN3O3/c24-17-10-8-16(9-11-17)14-30-19-5-3-4-18(12-19)26-22(28)13-27-15-25-21-7-2-1-6-20(21)23(27)29/h1-12,15H,13-14H2,(H,26,28). The molecule has 1 heterocycles. The SMILES string of the molecule is O=C(Cn1cnc2ccccc2c1=O)Nc1cccc(OCc2ccc(F)cc2)c1. The van der Waals surface area contributed by atoms with Gasteiger partial charge < -0.3 is 10.1 Å². The molecular formula is C23H18FN3O3. The van der Waals surface area contributed by atoms with Crippen molar-refractivity contribution in [2.45, 2.75) is 13.2 Å². The third-order valence-corrected chi connectivity index (χ3v) is 4.48. The van der Waals surface area contributed by atoms with Gasteiger partial charge >= 0.3 is 0 Å². The van der Waals surface area contributed by atoms with Gasteiger partial charge in [0.15, 0.2) is 0 Å². The second kappa shape index (κ2) is 8.57. The number of rotatable bonds is 6. The number of fused-ring (bicyclic) bond motifs is 1. The van der Waals surface area contributed by atoms with Crippen LogP contribution in [0.1, 0.15) is 5.56 Å². The van der Waals surface area contributed by atoms with E-state index in [0.717, 1.165) is 5.56 Å². The van der Waals surface area contributed by atoms with Gasteiger partial charge in [-0.25, -0.2) is 9.37 Å². The fourth-order valence-electron chi connectivity index (χ4n) is 2.98. The van der Waals surface area contributed by atoms with Crippen LogP contribution < -0.4 is 15.6 Å². The maximum atomic E-state index is 13.0. The van der Waals surface area contributed by atoms with Gasteiger partial charge in [-0.15, -0.1) is 0 Å². The Hall–Kier alpha value is -4.00. The highest BCUT2D eigenvalue weighted by molar-refractivity contribution is 5.91. The van der Waals surface area contributed by atoms with Crippen molar-refractivity contribution in [3.63, 3.8) is 0 Å². The molecule has 1 N–H and O–H groups in total. The second-order valence-electron chi connectivity index (χ2n) is 6.69. The molecule has 4 aromatic rings. The van der Waals surface area contributed by atoms with E-state index < -0.39 is 0 Å². The molecule has 1 aromatic heterocycles. The highest BCUT2D eigenvalue weighted by Gasteiger charge is 2.09. The van der Waals surface area contributed by atoms with E-state index >= 15 is 0 Å². The summed E-state index contributed by atoms with van der Waals surface area (Å²) in [4.78, 5) is 29.1. The minimum atomic E-state index is -0.357. The number of carbonyl (C=O) groups excluding carboxylic acids is 1. The molecule has 0 aliphatic rings. The predicted molar refractivity (Wildman–Crippen MR) is 112 cm³/mol. The Bertz CT molecular complexity index is 1250. The highest BCUT2D eigenvalue weighted by Crippen LogP contribution is 2.19. The van der Waals surface area contributed by atoms with Crippen LogP contribution in [0, 0.1) is 5.82 Å². The smallest absolute Gasteiger partial charge is 0.261 e. The Morgan fingerprint density at radius 2 is 1.83 bits per heavy atom. The molecule has 0 spiro atoms. The van der Waals surface area contributed by atoms with Crippen LogP contribution in [0.3, 0.4) is 0 Å². The molecule has 1 amide bonds. The molecule has 0 saturated heterocycles. The summed E-state index contributed by atoms with van der Waals surface area (Å²) in [5.74, 6) is -0.101. The van der Waals surface area contributed by atoms with Crippen molar-refractivity contribution in [1.82, 2.24) is 9.55 Å². The van der Waals surface area contributed by atoms with Crippen LogP contribution in [0.4, 0.5) is 10.1 Å². The lowest BCUT2D eigenvalue weighted by Crippen LogP contribution is -2.27. The van der Waals surface area contributed by atoms with Gasteiger partial charge in [-0.1, -0.05) is 30.3 Å². The molecule has 7 heteroatoms. The van der Waals surface area contributed by atoms with E-state index in [0.29, 0.717) is 22.3 Å². The number of ether oxygens (including phenoxy) is 1. The van der Waals surface area contributed by atoms with Crippen molar-refractivity contribution in [3.05, 3.63) is 101 Å². The first-order chi connectivity index (χ1) is 14.6. The molecule has 0 bridgehead atoms.